The average Bonchev–Trinajstić information content (AvgIpc) is 1.99. The predicted octanol–water partition coefficient (Wildman–Crippen LogP) is 3.82. The number of hydrogen-bond acceptors (Lipinski definition) is 0. The van der Waals surface area contributed by atoms with Crippen LogP contribution in [0, 0.1) is 25.2 Å². The van der Waals surface area contributed by atoms with E-state index < -0.39 is 0 Å². The maximum absolute atomic E-state index is 4.06. The van der Waals surface area contributed by atoms with Gasteiger partial charge in [-0.1, -0.05) is 18.6 Å². The first-order chi connectivity index (χ1) is 5.56. The van der Waals surface area contributed by atoms with E-state index >= 15 is 0 Å². The molecule has 2 radical (unpaired) electrons. The topological polar surface area (TPSA) is 0 Å². The van der Waals surface area contributed by atoms with Crippen molar-refractivity contribution in [3.63, 3.8) is 0 Å². The molecule has 0 nitrogen and oxygen atoms in total. The maximum Gasteiger partial charge on any atom is -0.0233 e. The van der Waals surface area contributed by atoms with Gasteiger partial charge >= 0.3 is 0 Å². The smallest absolute Gasteiger partial charge is 0.0233 e. The number of allylic oxidation sites excluding steroid dienone is 2. The van der Waals surface area contributed by atoms with Crippen LogP contribution in [0.1, 0.15) is 26.7 Å². The van der Waals surface area contributed by atoms with E-state index in [1.54, 1.807) is 0 Å². The minimum absolute atomic E-state index is 0.477. The molecule has 0 aromatic carbocycles. The van der Waals surface area contributed by atoms with Crippen molar-refractivity contribution < 1.29 is 0 Å². The van der Waals surface area contributed by atoms with Gasteiger partial charge in [-0.2, -0.15) is 0 Å². The van der Waals surface area contributed by atoms with Crippen LogP contribution in [0.2, 0.25) is 0 Å². The van der Waals surface area contributed by atoms with E-state index in [0.717, 1.165) is 12.8 Å². The highest BCUT2D eigenvalue weighted by Crippen LogP contribution is 2.17. The normalized spacial score (nSPS) is 15.2. The Hall–Kier alpha value is -0.520. The molecule has 0 spiro atoms. The van der Waals surface area contributed by atoms with Crippen LogP contribution in [0.25, 0.3) is 0 Å². The Morgan fingerprint density at radius 1 is 1.50 bits per heavy atom. The van der Waals surface area contributed by atoms with E-state index in [2.05, 4.69) is 40.3 Å². The van der Waals surface area contributed by atoms with Crippen molar-refractivity contribution in [1.29, 1.82) is 0 Å². The van der Waals surface area contributed by atoms with Crippen molar-refractivity contribution in [2.75, 3.05) is 0 Å². The Balaban J connectivity index is 3.49. The quantitative estimate of drug-likeness (QED) is 0.523. The largest absolute Gasteiger partial charge is 0.103 e. The minimum atomic E-state index is 0.477. The molecule has 0 rings (SSSR count). The fraction of sp³-hybridized carbons (Fsp3) is 0.500. The molecular formula is C12H20. The molecule has 0 aliphatic carbocycles. The van der Waals surface area contributed by atoms with Gasteiger partial charge in [-0.05, 0) is 44.9 Å². The first kappa shape index (κ1) is 11.5. The molecule has 2 unspecified atom stereocenters. The summed E-state index contributed by atoms with van der Waals surface area (Å²) in [7, 11) is 0. The van der Waals surface area contributed by atoms with Crippen LogP contribution in [0.15, 0.2) is 24.8 Å². The second kappa shape index (κ2) is 6.05. The monoisotopic (exact) mass is 164 g/mol. The lowest BCUT2D eigenvalue weighted by atomic mass is 9.94. The van der Waals surface area contributed by atoms with Gasteiger partial charge < -0.3 is 0 Å². The third-order valence-electron chi connectivity index (χ3n) is 1.85. The molecule has 0 amide bonds. The van der Waals surface area contributed by atoms with Crippen molar-refractivity contribution in [2.45, 2.75) is 26.7 Å². The molecular weight excluding hydrogens is 144 g/mol. The highest BCUT2D eigenvalue weighted by molar-refractivity contribution is 4.94. The second-order valence-corrected chi connectivity index (χ2v) is 3.59. The Bertz CT molecular complexity index is 144. The van der Waals surface area contributed by atoms with E-state index in [9.17, 15) is 0 Å². The summed E-state index contributed by atoms with van der Waals surface area (Å²) in [5.74, 6) is 0.976. The van der Waals surface area contributed by atoms with Crippen LogP contribution in [0.5, 0.6) is 0 Å². The zero-order valence-electron chi connectivity index (χ0n) is 8.34. The van der Waals surface area contributed by atoms with Crippen LogP contribution >= 0.6 is 0 Å². The molecule has 0 N–H and O–H groups in total. The number of rotatable bonds is 6. The van der Waals surface area contributed by atoms with Crippen molar-refractivity contribution in [3.05, 3.63) is 38.2 Å². The molecule has 0 heterocycles. The maximum atomic E-state index is 4.06. The molecule has 0 heteroatoms. The van der Waals surface area contributed by atoms with E-state index in [-0.39, 0.29) is 0 Å². The first-order valence-corrected chi connectivity index (χ1v) is 4.49. The zero-order valence-corrected chi connectivity index (χ0v) is 8.34. The molecule has 0 aliphatic heterocycles. The van der Waals surface area contributed by atoms with Gasteiger partial charge in [-0.25, -0.2) is 0 Å². The first-order valence-electron chi connectivity index (χ1n) is 4.49. The van der Waals surface area contributed by atoms with E-state index in [0.29, 0.717) is 11.8 Å². The lowest BCUT2D eigenvalue weighted by Crippen LogP contribution is -1.99. The van der Waals surface area contributed by atoms with Crippen molar-refractivity contribution >= 4 is 0 Å². The minimum Gasteiger partial charge on any atom is -0.103 e. The lowest BCUT2D eigenvalue weighted by molar-refractivity contribution is 0.594. The SMILES string of the molecule is [CH2]C(C[CH]C(C)C=C)CC(=C)C. The molecule has 0 aromatic rings. The standard InChI is InChI=1S/C12H20/c1-6-11(4)7-8-12(5)9-10(2)3/h6-7,11-12H,1-2,5,8-9H2,3-4H3. The van der Waals surface area contributed by atoms with Gasteiger partial charge in [0.2, 0.25) is 0 Å². The Morgan fingerprint density at radius 2 is 2.08 bits per heavy atom. The van der Waals surface area contributed by atoms with Crippen LogP contribution in [-0.4, -0.2) is 0 Å². The van der Waals surface area contributed by atoms with Crippen molar-refractivity contribution in [2.24, 2.45) is 11.8 Å². The third-order valence-corrected chi connectivity index (χ3v) is 1.85. The highest BCUT2D eigenvalue weighted by atomic mass is 14.1. The van der Waals surface area contributed by atoms with Gasteiger partial charge in [0, 0.05) is 0 Å². The molecule has 0 fully saturated rings. The van der Waals surface area contributed by atoms with Crippen molar-refractivity contribution in [1.82, 2.24) is 0 Å². The molecule has 0 saturated heterocycles. The molecule has 12 heavy (non-hydrogen) atoms. The molecule has 0 bridgehead atoms. The third kappa shape index (κ3) is 6.21. The summed E-state index contributed by atoms with van der Waals surface area (Å²) in [4.78, 5) is 0. The van der Waals surface area contributed by atoms with E-state index in [1.807, 2.05) is 6.08 Å². The van der Waals surface area contributed by atoms with Crippen LogP contribution in [0.4, 0.5) is 0 Å². The lowest BCUT2D eigenvalue weighted by Gasteiger charge is -2.12. The average molecular weight is 164 g/mol. The molecule has 0 aromatic heterocycles. The Kier molecular flexibility index (Phi) is 5.79. The van der Waals surface area contributed by atoms with Gasteiger partial charge in [0.05, 0.1) is 0 Å². The Morgan fingerprint density at radius 3 is 2.50 bits per heavy atom. The fourth-order valence-corrected chi connectivity index (χ4v) is 1.08. The fourth-order valence-electron chi connectivity index (χ4n) is 1.08. The van der Waals surface area contributed by atoms with Gasteiger partial charge in [0.1, 0.15) is 0 Å². The van der Waals surface area contributed by atoms with Gasteiger partial charge in [0.25, 0.3) is 0 Å². The van der Waals surface area contributed by atoms with Crippen molar-refractivity contribution in [3.8, 4) is 0 Å². The highest BCUT2D eigenvalue weighted by Gasteiger charge is 2.04. The van der Waals surface area contributed by atoms with Gasteiger partial charge in [-0.15, -0.1) is 13.2 Å². The summed E-state index contributed by atoms with van der Waals surface area (Å²) in [6, 6.07) is 0. The van der Waals surface area contributed by atoms with Gasteiger partial charge in [0.15, 0.2) is 0 Å². The molecule has 68 valence electrons. The Labute approximate surface area is 77.4 Å². The summed E-state index contributed by atoms with van der Waals surface area (Å²) in [5, 5.41) is 0. The molecule has 2 atom stereocenters. The zero-order chi connectivity index (χ0) is 9.56. The second-order valence-electron chi connectivity index (χ2n) is 3.59. The van der Waals surface area contributed by atoms with Crippen LogP contribution in [0.3, 0.4) is 0 Å². The molecule has 0 saturated carbocycles. The summed E-state index contributed by atoms with van der Waals surface area (Å²) in [6.45, 7) is 15.8. The molecule has 0 aliphatic rings. The van der Waals surface area contributed by atoms with E-state index in [1.165, 1.54) is 5.57 Å². The van der Waals surface area contributed by atoms with E-state index in [4.69, 9.17) is 0 Å². The summed E-state index contributed by atoms with van der Waals surface area (Å²) >= 11 is 0. The summed E-state index contributed by atoms with van der Waals surface area (Å²) in [5.41, 5.74) is 1.22. The number of hydrogen-bond donors (Lipinski definition) is 0. The predicted molar refractivity (Wildman–Crippen MR) is 56.6 cm³/mol. The van der Waals surface area contributed by atoms with Crippen LogP contribution in [-0.2, 0) is 0 Å². The summed E-state index contributed by atoms with van der Waals surface area (Å²) < 4.78 is 0. The van der Waals surface area contributed by atoms with Gasteiger partial charge in [-0.3, -0.25) is 0 Å². The summed E-state index contributed by atoms with van der Waals surface area (Å²) in [6.07, 6.45) is 6.29. The van der Waals surface area contributed by atoms with Crippen LogP contribution < -0.4 is 0 Å².